The highest BCUT2D eigenvalue weighted by atomic mass is 16.5. The van der Waals surface area contributed by atoms with Crippen LogP contribution in [0.4, 0.5) is 10.5 Å². The molecule has 0 radical (unpaired) electrons. The molecule has 5 heteroatoms. The fourth-order valence-electron chi connectivity index (χ4n) is 2.37. The maximum absolute atomic E-state index is 12.2. The molecule has 0 aromatic heterocycles. The van der Waals surface area contributed by atoms with Gasteiger partial charge in [-0.3, -0.25) is 0 Å². The summed E-state index contributed by atoms with van der Waals surface area (Å²) in [4.78, 5) is 14.0. The van der Waals surface area contributed by atoms with Crippen LogP contribution in [0.3, 0.4) is 0 Å². The highest BCUT2D eigenvalue weighted by molar-refractivity contribution is 5.89. The molecule has 2 N–H and O–H groups in total. The Balaban J connectivity index is 1.96. The number of nitrogens with zero attached hydrogens (tertiary/aromatic N) is 1. The molecule has 1 aliphatic heterocycles. The van der Waals surface area contributed by atoms with Gasteiger partial charge in [-0.1, -0.05) is 0 Å². The standard InChI is InChI=1S/C14H21N3O2/c1-10-8-17(9-11(2)15-10)14(18)16-12-4-6-13(19-3)7-5-12/h4-7,10-11,15H,8-9H2,1-3H3,(H,16,18). The molecular formula is C14H21N3O2. The predicted octanol–water partition coefficient (Wildman–Crippen LogP) is 1.91. The number of methoxy groups -OCH3 is 1. The number of nitrogens with one attached hydrogen (secondary N) is 2. The monoisotopic (exact) mass is 263 g/mol. The van der Waals surface area contributed by atoms with Gasteiger partial charge in [0, 0.05) is 30.9 Å². The molecule has 5 nitrogen and oxygen atoms in total. The molecule has 1 saturated heterocycles. The summed E-state index contributed by atoms with van der Waals surface area (Å²) in [5.41, 5.74) is 0.782. The van der Waals surface area contributed by atoms with Crippen molar-refractivity contribution in [1.29, 1.82) is 0 Å². The predicted molar refractivity (Wildman–Crippen MR) is 75.6 cm³/mol. The molecule has 2 atom stereocenters. The summed E-state index contributed by atoms with van der Waals surface area (Å²) >= 11 is 0. The van der Waals surface area contributed by atoms with E-state index in [0.29, 0.717) is 12.1 Å². The number of benzene rings is 1. The smallest absolute Gasteiger partial charge is 0.321 e. The number of amides is 2. The molecule has 104 valence electrons. The van der Waals surface area contributed by atoms with Crippen molar-refractivity contribution in [3.63, 3.8) is 0 Å². The van der Waals surface area contributed by atoms with E-state index in [9.17, 15) is 4.79 Å². The van der Waals surface area contributed by atoms with Gasteiger partial charge in [0.1, 0.15) is 5.75 Å². The molecule has 0 saturated carbocycles. The van der Waals surface area contributed by atoms with Crippen molar-refractivity contribution in [1.82, 2.24) is 10.2 Å². The third-order valence-electron chi connectivity index (χ3n) is 3.19. The van der Waals surface area contributed by atoms with Crippen molar-refractivity contribution in [2.75, 3.05) is 25.5 Å². The van der Waals surface area contributed by atoms with Gasteiger partial charge >= 0.3 is 6.03 Å². The lowest BCUT2D eigenvalue weighted by molar-refractivity contribution is 0.176. The first kappa shape index (κ1) is 13.7. The third-order valence-corrected chi connectivity index (χ3v) is 3.19. The van der Waals surface area contributed by atoms with Gasteiger partial charge in [-0.15, -0.1) is 0 Å². The van der Waals surface area contributed by atoms with E-state index in [1.54, 1.807) is 7.11 Å². The number of hydrogen-bond donors (Lipinski definition) is 2. The van der Waals surface area contributed by atoms with E-state index in [1.165, 1.54) is 0 Å². The third kappa shape index (κ3) is 3.61. The quantitative estimate of drug-likeness (QED) is 0.857. The van der Waals surface area contributed by atoms with Gasteiger partial charge in [-0.2, -0.15) is 0 Å². The van der Waals surface area contributed by atoms with E-state index in [2.05, 4.69) is 24.5 Å². The number of hydrogen-bond acceptors (Lipinski definition) is 3. The summed E-state index contributed by atoms with van der Waals surface area (Å²) in [5.74, 6) is 0.780. The molecule has 2 amide bonds. The van der Waals surface area contributed by atoms with Crippen LogP contribution in [-0.4, -0.2) is 43.2 Å². The minimum atomic E-state index is -0.0506. The van der Waals surface area contributed by atoms with Crippen molar-refractivity contribution < 1.29 is 9.53 Å². The van der Waals surface area contributed by atoms with Crippen LogP contribution in [0.5, 0.6) is 5.75 Å². The van der Waals surface area contributed by atoms with Gasteiger partial charge in [-0.25, -0.2) is 4.79 Å². The Morgan fingerprint density at radius 2 is 1.84 bits per heavy atom. The number of urea groups is 1. The normalized spacial score (nSPS) is 23.0. The van der Waals surface area contributed by atoms with E-state index >= 15 is 0 Å². The number of piperazine rings is 1. The Morgan fingerprint density at radius 3 is 2.37 bits per heavy atom. The van der Waals surface area contributed by atoms with E-state index in [-0.39, 0.29) is 6.03 Å². The van der Waals surface area contributed by atoms with Crippen LogP contribution >= 0.6 is 0 Å². The van der Waals surface area contributed by atoms with Gasteiger partial charge in [-0.05, 0) is 38.1 Å². The number of rotatable bonds is 2. The minimum Gasteiger partial charge on any atom is -0.497 e. The van der Waals surface area contributed by atoms with Crippen molar-refractivity contribution >= 4 is 11.7 Å². The number of carbonyl (C=O) groups is 1. The van der Waals surface area contributed by atoms with Gasteiger partial charge in [0.25, 0.3) is 0 Å². The van der Waals surface area contributed by atoms with E-state index in [1.807, 2.05) is 29.2 Å². The maximum atomic E-state index is 12.2. The topological polar surface area (TPSA) is 53.6 Å². The van der Waals surface area contributed by atoms with Crippen LogP contribution in [-0.2, 0) is 0 Å². The highest BCUT2D eigenvalue weighted by Crippen LogP contribution is 2.16. The summed E-state index contributed by atoms with van der Waals surface area (Å²) in [6.45, 7) is 5.63. The van der Waals surface area contributed by atoms with Gasteiger partial charge in [0.2, 0.25) is 0 Å². The zero-order valence-corrected chi connectivity index (χ0v) is 11.6. The van der Waals surface area contributed by atoms with Crippen LogP contribution < -0.4 is 15.4 Å². The zero-order chi connectivity index (χ0) is 13.8. The molecule has 1 aliphatic rings. The van der Waals surface area contributed by atoms with Crippen molar-refractivity contribution in [2.24, 2.45) is 0 Å². The zero-order valence-electron chi connectivity index (χ0n) is 11.6. The Hall–Kier alpha value is -1.75. The number of carbonyl (C=O) groups excluding carboxylic acids is 1. The second-order valence-electron chi connectivity index (χ2n) is 5.03. The molecule has 1 aromatic carbocycles. The van der Waals surface area contributed by atoms with Gasteiger partial charge in [0.15, 0.2) is 0 Å². The SMILES string of the molecule is COc1ccc(NC(=O)N2CC(C)NC(C)C2)cc1. The molecule has 0 bridgehead atoms. The highest BCUT2D eigenvalue weighted by Gasteiger charge is 2.24. The van der Waals surface area contributed by atoms with E-state index in [4.69, 9.17) is 4.74 Å². The van der Waals surface area contributed by atoms with Gasteiger partial charge in [0.05, 0.1) is 7.11 Å². The summed E-state index contributed by atoms with van der Waals surface area (Å²) in [7, 11) is 1.62. The average molecular weight is 263 g/mol. The minimum absolute atomic E-state index is 0.0506. The Morgan fingerprint density at radius 1 is 1.26 bits per heavy atom. The Labute approximate surface area is 113 Å². The lowest BCUT2D eigenvalue weighted by Crippen LogP contribution is -2.56. The first-order chi connectivity index (χ1) is 9.08. The molecular weight excluding hydrogens is 242 g/mol. The number of anilines is 1. The lowest BCUT2D eigenvalue weighted by Gasteiger charge is -2.36. The Bertz CT molecular complexity index is 423. The first-order valence-electron chi connectivity index (χ1n) is 6.54. The molecule has 0 spiro atoms. The van der Waals surface area contributed by atoms with E-state index in [0.717, 1.165) is 24.5 Å². The second-order valence-corrected chi connectivity index (χ2v) is 5.03. The molecule has 1 aromatic rings. The fraction of sp³-hybridized carbons (Fsp3) is 0.500. The van der Waals surface area contributed by atoms with Crippen LogP contribution in [0.2, 0.25) is 0 Å². The van der Waals surface area contributed by atoms with Crippen molar-refractivity contribution in [3.8, 4) is 5.75 Å². The van der Waals surface area contributed by atoms with Crippen LogP contribution in [0.25, 0.3) is 0 Å². The van der Waals surface area contributed by atoms with Crippen LogP contribution in [0, 0.1) is 0 Å². The summed E-state index contributed by atoms with van der Waals surface area (Å²) in [5, 5.41) is 6.31. The largest absolute Gasteiger partial charge is 0.497 e. The van der Waals surface area contributed by atoms with Crippen molar-refractivity contribution in [3.05, 3.63) is 24.3 Å². The van der Waals surface area contributed by atoms with Gasteiger partial charge < -0.3 is 20.3 Å². The van der Waals surface area contributed by atoms with Crippen LogP contribution in [0.1, 0.15) is 13.8 Å². The van der Waals surface area contributed by atoms with E-state index < -0.39 is 0 Å². The fourth-order valence-corrected chi connectivity index (χ4v) is 2.37. The molecule has 1 heterocycles. The molecule has 19 heavy (non-hydrogen) atoms. The summed E-state index contributed by atoms with van der Waals surface area (Å²) in [6, 6.07) is 7.94. The second kappa shape index (κ2) is 5.93. The Kier molecular flexibility index (Phi) is 4.27. The lowest BCUT2D eigenvalue weighted by atomic mass is 10.1. The number of ether oxygens (including phenoxy) is 1. The summed E-state index contributed by atoms with van der Waals surface area (Å²) < 4.78 is 5.09. The average Bonchev–Trinajstić information content (AvgIpc) is 2.38. The molecule has 2 rings (SSSR count). The maximum Gasteiger partial charge on any atom is 0.321 e. The molecule has 1 fully saturated rings. The van der Waals surface area contributed by atoms with Crippen molar-refractivity contribution in [2.45, 2.75) is 25.9 Å². The molecule has 2 unspecified atom stereocenters. The summed E-state index contributed by atoms with van der Waals surface area (Å²) in [6.07, 6.45) is 0. The first-order valence-corrected chi connectivity index (χ1v) is 6.54. The molecule has 0 aliphatic carbocycles. The van der Waals surface area contributed by atoms with Crippen LogP contribution in [0.15, 0.2) is 24.3 Å².